The average molecular weight is 410 g/mol. The highest BCUT2D eigenvalue weighted by atomic mass is 16.6. The van der Waals surface area contributed by atoms with Crippen LogP contribution >= 0.6 is 0 Å². The SMILES string of the molecule is C[C@H](OC(=O)[C@@H]1COc2ccccc2O1)C(=O)N1c2ccccc2NC(=O)C1(C)C. The number of benzene rings is 2. The van der Waals surface area contributed by atoms with Gasteiger partial charge in [0.15, 0.2) is 17.6 Å². The van der Waals surface area contributed by atoms with Crippen LogP contribution in [0.25, 0.3) is 0 Å². The topological polar surface area (TPSA) is 94.2 Å². The number of anilines is 2. The fraction of sp³-hybridized carbons (Fsp3) is 0.318. The fourth-order valence-corrected chi connectivity index (χ4v) is 3.46. The molecule has 0 aromatic heterocycles. The summed E-state index contributed by atoms with van der Waals surface area (Å²) in [6.45, 7) is 4.74. The predicted molar refractivity (Wildman–Crippen MR) is 109 cm³/mol. The number of amides is 2. The zero-order valence-electron chi connectivity index (χ0n) is 16.9. The molecule has 2 aliphatic heterocycles. The molecule has 30 heavy (non-hydrogen) atoms. The molecule has 0 bridgehead atoms. The molecule has 8 nitrogen and oxygen atoms in total. The highest BCUT2D eigenvalue weighted by Gasteiger charge is 2.45. The minimum atomic E-state index is -1.16. The van der Waals surface area contributed by atoms with Gasteiger partial charge in [0, 0.05) is 0 Å². The Kier molecular flexibility index (Phi) is 4.85. The van der Waals surface area contributed by atoms with Crippen LogP contribution in [0.15, 0.2) is 48.5 Å². The van der Waals surface area contributed by atoms with E-state index in [1.165, 1.54) is 11.8 Å². The zero-order chi connectivity index (χ0) is 21.5. The first-order chi connectivity index (χ1) is 14.3. The van der Waals surface area contributed by atoms with Crippen molar-refractivity contribution in [3.63, 3.8) is 0 Å². The lowest BCUT2D eigenvalue weighted by Gasteiger charge is -2.42. The summed E-state index contributed by atoms with van der Waals surface area (Å²) in [5.74, 6) is -0.560. The van der Waals surface area contributed by atoms with E-state index >= 15 is 0 Å². The molecule has 4 rings (SSSR count). The van der Waals surface area contributed by atoms with E-state index in [9.17, 15) is 14.4 Å². The molecule has 2 heterocycles. The van der Waals surface area contributed by atoms with E-state index in [1.54, 1.807) is 62.4 Å². The maximum absolute atomic E-state index is 13.2. The number of carbonyl (C=O) groups excluding carboxylic acids is 3. The van der Waals surface area contributed by atoms with Crippen molar-refractivity contribution in [2.45, 2.75) is 38.5 Å². The highest BCUT2D eigenvalue weighted by molar-refractivity contribution is 6.15. The lowest BCUT2D eigenvalue weighted by molar-refractivity contribution is -0.163. The van der Waals surface area contributed by atoms with E-state index < -0.39 is 29.6 Å². The van der Waals surface area contributed by atoms with Crippen LogP contribution in [0.1, 0.15) is 20.8 Å². The van der Waals surface area contributed by atoms with E-state index in [1.807, 2.05) is 0 Å². The number of nitrogens with zero attached hydrogens (tertiary/aromatic N) is 1. The van der Waals surface area contributed by atoms with Crippen molar-refractivity contribution in [2.75, 3.05) is 16.8 Å². The largest absolute Gasteiger partial charge is 0.485 e. The normalized spacial score (nSPS) is 19.9. The molecule has 2 aromatic carbocycles. The van der Waals surface area contributed by atoms with Gasteiger partial charge in [-0.05, 0) is 45.0 Å². The Morgan fingerprint density at radius 3 is 2.57 bits per heavy atom. The predicted octanol–water partition coefficient (Wildman–Crippen LogP) is 2.52. The van der Waals surface area contributed by atoms with Crippen LogP contribution in [-0.4, -0.2) is 42.1 Å². The van der Waals surface area contributed by atoms with Crippen molar-refractivity contribution in [3.05, 3.63) is 48.5 Å². The number of esters is 1. The minimum Gasteiger partial charge on any atom is -0.485 e. The Balaban J connectivity index is 1.51. The summed E-state index contributed by atoms with van der Waals surface area (Å²) < 4.78 is 16.6. The van der Waals surface area contributed by atoms with Crippen molar-refractivity contribution in [1.82, 2.24) is 0 Å². The van der Waals surface area contributed by atoms with E-state index in [0.717, 1.165) is 0 Å². The second-order valence-corrected chi connectivity index (χ2v) is 7.65. The minimum absolute atomic E-state index is 0.0167. The molecule has 0 saturated carbocycles. The Bertz CT molecular complexity index is 1020. The van der Waals surface area contributed by atoms with Crippen LogP contribution in [0, 0.1) is 0 Å². The third-order valence-electron chi connectivity index (χ3n) is 5.14. The summed E-state index contributed by atoms with van der Waals surface area (Å²) in [5.41, 5.74) is -0.0920. The number of carbonyl (C=O) groups is 3. The monoisotopic (exact) mass is 410 g/mol. The van der Waals surface area contributed by atoms with Crippen molar-refractivity contribution in [3.8, 4) is 11.5 Å². The summed E-state index contributed by atoms with van der Waals surface area (Å²) in [5, 5.41) is 2.80. The third kappa shape index (κ3) is 3.34. The fourth-order valence-electron chi connectivity index (χ4n) is 3.46. The molecule has 0 fully saturated rings. The summed E-state index contributed by atoms with van der Waals surface area (Å²) in [6, 6.07) is 14.0. The summed E-state index contributed by atoms with van der Waals surface area (Å²) >= 11 is 0. The molecule has 2 amide bonds. The lowest BCUT2D eigenvalue weighted by atomic mass is 9.95. The van der Waals surface area contributed by atoms with Gasteiger partial charge in [0.25, 0.3) is 5.91 Å². The first-order valence-corrected chi connectivity index (χ1v) is 9.62. The Hall–Kier alpha value is -3.55. The summed E-state index contributed by atoms with van der Waals surface area (Å²) in [7, 11) is 0. The molecule has 156 valence electrons. The van der Waals surface area contributed by atoms with Gasteiger partial charge in [-0.3, -0.25) is 14.5 Å². The Morgan fingerprint density at radius 2 is 1.80 bits per heavy atom. The Labute approximate surface area is 173 Å². The number of ether oxygens (including phenoxy) is 3. The first-order valence-electron chi connectivity index (χ1n) is 9.62. The highest BCUT2D eigenvalue weighted by Crippen LogP contribution is 2.37. The molecule has 0 aliphatic carbocycles. The lowest BCUT2D eigenvalue weighted by Crippen LogP contribution is -2.60. The van der Waals surface area contributed by atoms with Crippen molar-refractivity contribution in [1.29, 1.82) is 0 Å². The van der Waals surface area contributed by atoms with Crippen LogP contribution in [-0.2, 0) is 19.1 Å². The van der Waals surface area contributed by atoms with E-state index in [2.05, 4.69) is 5.32 Å². The number of rotatable bonds is 3. The van der Waals surface area contributed by atoms with Gasteiger partial charge in [0.05, 0.1) is 11.4 Å². The van der Waals surface area contributed by atoms with Crippen molar-refractivity contribution < 1.29 is 28.6 Å². The molecule has 0 saturated heterocycles. The molecule has 2 aliphatic rings. The van der Waals surface area contributed by atoms with Crippen LogP contribution in [0.4, 0.5) is 11.4 Å². The second kappa shape index (κ2) is 7.37. The Morgan fingerprint density at radius 1 is 1.13 bits per heavy atom. The molecule has 0 radical (unpaired) electrons. The standard InChI is InChI=1S/C22H22N2O6/c1-13(29-20(26)18-12-28-16-10-6-7-11-17(16)30-18)19(25)24-15-9-5-4-8-14(15)23-21(27)22(24,2)3/h4-11,13,18H,12H2,1-3H3,(H,23,27)/t13-,18-/m0/s1. The number of fused-ring (bicyclic) bond motifs is 2. The molecule has 8 heteroatoms. The molecule has 1 N–H and O–H groups in total. The van der Waals surface area contributed by atoms with Crippen LogP contribution in [0.3, 0.4) is 0 Å². The van der Waals surface area contributed by atoms with Gasteiger partial charge in [-0.1, -0.05) is 24.3 Å². The van der Waals surface area contributed by atoms with Gasteiger partial charge >= 0.3 is 5.97 Å². The van der Waals surface area contributed by atoms with Gasteiger partial charge < -0.3 is 19.5 Å². The van der Waals surface area contributed by atoms with Gasteiger partial charge in [-0.15, -0.1) is 0 Å². The molecule has 0 spiro atoms. The summed E-state index contributed by atoms with van der Waals surface area (Å²) in [4.78, 5) is 39.8. The molecule has 2 atom stereocenters. The van der Waals surface area contributed by atoms with Gasteiger partial charge in [0.2, 0.25) is 12.0 Å². The summed E-state index contributed by atoms with van der Waals surface area (Å²) in [6.07, 6.45) is -2.11. The molecular weight excluding hydrogens is 388 g/mol. The van der Waals surface area contributed by atoms with Gasteiger partial charge in [-0.2, -0.15) is 0 Å². The van der Waals surface area contributed by atoms with Crippen LogP contribution in [0.5, 0.6) is 11.5 Å². The number of hydrogen-bond acceptors (Lipinski definition) is 6. The van der Waals surface area contributed by atoms with E-state index in [4.69, 9.17) is 14.2 Å². The number of para-hydroxylation sites is 4. The molecule has 0 unspecified atom stereocenters. The quantitative estimate of drug-likeness (QED) is 0.782. The van der Waals surface area contributed by atoms with E-state index in [0.29, 0.717) is 22.9 Å². The first kappa shape index (κ1) is 19.8. The van der Waals surface area contributed by atoms with Crippen molar-refractivity contribution in [2.24, 2.45) is 0 Å². The average Bonchev–Trinajstić information content (AvgIpc) is 2.73. The van der Waals surface area contributed by atoms with Crippen LogP contribution < -0.4 is 19.7 Å². The van der Waals surface area contributed by atoms with Gasteiger partial charge in [0.1, 0.15) is 12.1 Å². The number of nitrogens with one attached hydrogen (secondary N) is 1. The molecular formula is C22H22N2O6. The van der Waals surface area contributed by atoms with Crippen LogP contribution in [0.2, 0.25) is 0 Å². The maximum atomic E-state index is 13.2. The second-order valence-electron chi connectivity index (χ2n) is 7.65. The zero-order valence-corrected chi connectivity index (χ0v) is 16.9. The van der Waals surface area contributed by atoms with Gasteiger partial charge in [-0.25, -0.2) is 4.79 Å². The smallest absolute Gasteiger partial charge is 0.351 e. The number of hydrogen-bond donors (Lipinski definition) is 1. The molecule has 2 aromatic rings. The van der Waals surface area contributed by atoms with Crippen molar-refractivity contribution >= 4 is 29.2 Å². The van der Waals surface area contributed by atoms with E-state index in [-0.39, 0.29) is 12.5 Å². The third-order valence-corrected chi connectivity index (χ3v) is 5.14. The maximum Gasteiger partial charge on any atom is 0.351 e.